The third kappa shape index (κ3) is 2.63. The van der Waals surface area contributed by atoms with Crippen molar-refractivity contribution in [1.82, 2.24) is 15.0 Å². The van der Waals surface area contributed by atoms with Crippen LogP contribution in [0.25, 0.3) is 6.08 Å². The number of H-pyrrole nitrogens is 1. The van der Waals surface area contributed by atoms with Crippen molar-refractivity contribution in [2.75, 3.05) is 7.11 Å². The zero-order chi connectivity index (χ0) is 14.8. The second-order valence-electron chi connectivity index (χ2n) is 4.92. The van der Waals surface area contributed by atoms with Gasteiger partial charge < -0.3 is 9.72 Å². The van der Waals surface area contributed by atoms with E-state index in [-0.39, 0.29) is 0 Å². The highest BCUT2D eigenvalue weighted by atomic mass is 16.5. The maximum Gasteiger partial charge on any atom is 0.146 e. The van der Waals surface area contributed by atoms with E-state index in [0.29, 0.717) is 0 Å². The van der Waals surface area contributed by atoms with Gasteiger partial charge in [0.05, 0.1) is 12.8 Å². The normalized spacial score (nSPS) is 16.0. The maximum absolute atomic E-state index is 5.42. The molecular formula is C16H16N4O. The molecule has 1 N–H and O–H groups in total. The Hall–Kier alpha value is -2.69. The Morgan fingerprint density at radius 1 is 1.19 bits per heavy atom. The third-order valence-corrected chi connectivity index (χ3v) is 3.31. The Bertz CT molecular complexity index is 754. The maximum atomic E-state index is 5.42. The van der Waals surface area contributed by atoms with Crippen LogP contribution in [-0.2, 0) is 4.74 Å². The van der Waals surface area contributed by atoms with Crippen LogP contribution in [0.3, 0.4) is 0 Å². The standard InChI is InChI=1S/C16H16N4O/c1-10-4-11(2)19-13(10)5-15-16(21-3)6-14(20-15)12-7-17-9-18-8-12/h4-9,19H,1-3H3/b15-5-. The van der Waals surface area contributed by atoms with Crippen molar-refractivity contribution >= 4 is 11.8 Å². The number of aromatic nitrogens is 3. The van der Waals surface area contributed by atoms with Crippen LogP contribution in [-0.4, -0.2) is 27.8 Å². The summed E-state index contributed by atoms with van der Waals surface area (Å²) in [6, 6.07) is 2.10. The smallest absolute Gasteiger partial charge is 0.146 e. The second-order valence-corrected chi connectivity index (χ2v) is 4.92. The van der Waals surface area contributed by atoms with E-state index in [2.05, 4.69) is 32.9 Å². The Morgan fingerprint density at radius 2 is 1.95 bits per heavy atom. The topological polar surface area (TPSA) is 63.2 Å². The van der Waals surface area contributed by atoms with E-state index in [1.165, 1.54) is 11.9 Å². The largest absolute Gasteiger partial charge is 0.494 e. The average Bonchev–Trinajstić information content (AvgIpc) is 3.04. The third-order valence-electron chi connectivity index (χ3n) is 3.31. The molecule has 0 bridgehead atoms. The molecule has 2 aromatic heterocycles. The first-order chi connectivity index (χ1) is 10.2. The minimum absolute atomic E-state index is 0.737. The summed E-state index contributed by atoms with van der Waals surface area (Å²) in [5, 5.41) is 0. The molecule has 0 aromatic carbocycles. The van der Waals surface area contributed by atoms with E-state index in [4.69, 9.17) is 4.74 Å². The van der Waals surface area contributed by atoms with Crippen molar-refractivity contribution < 1.29 is 4.74 Å². The van der Waals surface area contributed by atoms with E-state index in [0.717, 1.165) is 34.1 Å². The molecule has 3 rings (SSSR count). The molecule has 0 amide bonds. The highest BCUT2D eigenvalue weighted by Crippen LogP contribution is 2.25. The predicted molar refractivity (Wildman–Crippen MR) is 81.9 cm³/mol. The molecule has 1 aliphatic rings. The average molecular weight is 280 g/mol. The lowest BCUT2D eigenvalue weighted by atomic mass is 10.2. The van der Waals surface area contributed by atoms with Crippen LogP contribution in [0, 0.1) is 13.8 Å². The number of hydrogen-bond acceptors (Lipinski definition) is 4. The Balaban J connectivity index is 2.01. The van der Waals surface area contributed by atoms with Crippen LogP contribution < -0.4 is 0 Å². The van der Waals surface area contributed by atoms with Gasteiger partial charge in [0.1, 0.15) is 17.8 Å². The van der Waals surface area contributed by atoms with Crippen LogP contribution in [0.15, 0.2) is 47.3 Å². The fourth-order valence-corrected chi connectivity index (χ4v) is 2.30. The van der Waals surface area contributed by atoms with E-state index >= 15 is 0 Å². The molecular weight excluding hydrogens is 264 g/mol. The van der Waals surface area contributed by atoms with Gasteiger partial charge in [0.2, 0.25) is 0 Å². The van der Waals surface area contributed by atoms with Crippen molar-refractivity contribution in [3.8, 4) is 0 Å². The molecule has 0 spiro atoms. The summed E-state index contributed by atoms with van der Waals surface area (Å²) in [6.07, 6.45) is 8.87. The van der Waals surface area contributed by atoms with E-state index in [1.54, 1.807) is 19.5 Å². The number of nitrogens with one attached hydrogen (secondary N) is 1. The summed E-state index contributed by atoms with van der Waals surface area (Å²) >= 11 is 0. The molecule has 0 aliphatic carbocycles. The van der Waals surface area contributed by atoms with Crippen LogP contribution in [0.5, 0.6) is 0 Å². The molecule has 0 unspecified atom stereocenters. The first kappa shape index (κ1) is 13.3. The zero-order valence-electron chi connectivity index (χ0n) is 12.2. The minimum atomic E-state index is 0.737. The highest BCUT2D eigenvalue weighted by Gasteiger charge is 2.17. The molecule has 5 nitrogen and oxygen atoms in total. The Kier molecular flexibility index (Phi) is 3.39. The van der Waals surface area contributed by atoms with Crippen molar-refractivity contribution in [1.29, 1.82) is 0 Å². The Morgan fingerprint density at radius 3 is 2.57 bits per heavy atom. The first-order valence-electron chi connectivity index (χ1n) is 6.65. The number of methoxy groups -OCH3 is 1. The molecule has 0 fully saturated rings. The molecule has 106 valence electrons. The molecule has 0 saturated heterocycles. The number of ether oxygens (including phenoxy) is 1. The summed E-state index contributed by atoms with van der Waals surface area (Å²) in [7, 11) is 1.65. The number of aromatic amines is 1. The summed E-state index contributed by atoms with van der Waals surface area (Å²) in [6.45, 7) is 4.10. The van der Waals surface area contributed by atoms with Gasteiger partial charge in [0, 0.05) is 35.4 Å². The number of aryl methyl sites for hydroxylation is 2. The monoisotopic (exact) mass is 280 g/mol. The van der Waals surface area contributed by atoms with Crippen LogP contribution in [0.1, 0.15) is 22.5 Å². The number of rotatable bonds is 3. The van der Waals surface area contributed by atoms with Crippen molar-refractivity contribution in [3.05, 3.63) is 64.8 Å². The molecule has 0 radical (unpaired) electrons. The summed E-state index contributed by atoms with van der Waals surface area (Å²) < 4.78 is 5.42. The molecule has 5 heteroatoms. The molecule has 0 saturated carbocycles. The molecule has 2 aromatic rings. The van der Waals surface area contributed by atoms with Gasteiger partial charge in [-0.05, 0) is 31.6 Å². The molecule has 21 heavy (non-hydrogen) atoms. The first-order valence-corrected chi connectivity index (χ1v) is 6.65. The van der Waals surface area contributed by atoms with Gasteiger partial charge in [-0.15, -0.1) is 0 Å². The molecule has 3 heterocycles. The van der Waals surface area contributed by atoms with E-state index in [9.17, 15) is 0 Å². The fourth-order valence-electron chi connectivity index (χ4n) is 2.30. The van der Waals surface area contributed by atoms with Gasteiger partial charge in [-0.3, -0.25) is 0 Å². The van der Waals surface area contributed by atoms with Gasteiger partial charge in [-0.25, -0.2) is 15.0 Å². The molecule has 1 aliphatic heterocycles. The Labute approximate surface area is 123 Å². The minimum Gasteiger partial charge on any atom is -0.494 e. The van der Waals surface area contributed by atoms with Crippen molar-refractivity contribution in [2.24, 2.45) is 4.99 Å². The lowest BCUT2D eigenvalue weighted by molar-refractivity contribution is 0.303. The van der Waals surface area contributed by atoms with Crippen LogP contribution >= 0.6 is 0 Å². The van der Waals surface area contributed by atoms with Gasteiger partial charge in [-0.1, -0.05) is 0 Å². The van der Waals surface area contributed by atoms with E-state index in [1.807, 2.05) is 19.1 Å². The summed E-state index contributed by atoms with van der Waals surface area (Å²) in [5.74, 6) is 0.737. The lowest BCUT2D eigenvalue weighted by Crippen LogP contribution is -1.95. The lowest BCUT2D eigenvalue weighted by Gasteiger charge is -2.01. The van der Waals surface area contributed by atoms with Gasteiger partial charge >= 0.3 is 0 Å². The van der Waals surface area contributed by atoms with E-state index < -0.39 is 0 Å². The zero-order valence-corrected chi connectivity index (χ0v) is 12.2. The van der Waals surface area contributed by atoms with Gasteiger partial charge in [-0.2, -0.15) is 0 Å². The van der Waals surface area contributed by atoms with Gasteiger partial charge in [0.25, 0.3) is 0 Å². The fraction of sp³-hybridized carbons (Fsp3) is 0.188. The van der Waals surface area contributed by atoms with Crippen molar-refractivity contribution in [2.45, 2.75) is 13.8 Å². The molecule has 0 atom stereocenters. The number of hydrogen-bond donors (Lipinski definition) is 1. The SMILES string of the molecule is COC1=CC(c2cncnc2)=N/C1=C\c1[nH]c(C)cc1C. The summed E-state index contributed by atoms with van der Waals surface area (Å²) in [4.78, 5) is 16.0. The van der Waals surface area contributed by atoms with Crippen LogP contribution in [0.4, 0.5) is 0 Å². The summed E-state index contributed by atoms with van der Waals surface area (Å²) in [5.41, 5.74) is 5.82. The second kappa shape index (κ2) is 5.36. The predicted octanol–water partition coefficient (Wildman–Crippen LogP) is 2.80. The van der Waals surface area contributed by atoms with Crippen LogP contribution in [0.2, 0.25) is 0 Å². The number of allylic oxidation sites excluding steroid dienone is 1. The number of nitrogens with zero attached hydrogens (tertiary/aromatic N) is 3. The highest BCUT2D eigenvalue weighted by molar-refractivity contribution is 6.11. The van der Waals surface area contributed by atoms with Gasteiger partial charge in [0.15, 0.2) is 0 Å². The number of aliphatic imine (C=N–C) groups is 1. The van der Waals surface area contributed by atoms with Crippen molar-refractivity contribution in [3.63, 3.8) is 0 Å². The quantitative estimate of drug-likeness (QED) is 0.940.